The van der Waals surface area contributed by atoms with Gasteiger partial charge in [0.25, 0.3) is 11.8 Å². The third-order valence-corrected chi connectivity index (χ3v) is 7.61. The Morgan fingerprint density at radius 1 is 0.542 bits per heavy atom. The van der Waals surface area contributed by atoms with Gasteiger partial charge in [-0.3, -0.25) is 19.4 Å². The molecule has 0 bridgehead atoms. The number of ether oxygens (including phenoxy) is 2. The largest absolute Gasteiger partial charge is 0.491 e. The number of carbonyl (C=O) groups excluding carboxylic acids is 2. The summed E-state index contributed by atoms with van der Waals surface area (Å²) in [5.41, 5.74) is 3.93. The third kappa shape index (κ3) is 7.44. The first kappa shape index (κ1) is 32.2. The third-order valence-electron chi connectivity index (χ3n) is 7.61. The van der Waals surface area contributed by atoms with Gasteiger partial charge in [-0.25, -0.2) is 9.98 Å². The molecule has 0 radical (unpaired) electrons. The van der Waals surface area contributed by atoms with Gasteiger partial charge in [-0.15, -0.1) is 0 Å². The summed E-state index contributed by atoms with van der Waals surface area (Å²) in [6.07, 6.45) is 3.69. The van der Waals surface area contributed by atoms with Gasteiger partial charge in [0.15, 0.2) is 0 Å². The van der Waals surface area contributed by atoms with Crippen molar-refractivity contribution < 1.29 is 19.1 Å². The first-order chi connectivity index (χ1) is 23.2. The van der Waals surface area contributed by atoms with Crippen LogP contribution in [0.2, 0.25) is 0 Å². The molecule has 2 amide bonds. The summed E-state index contributed by atoms with van der Waals surface area (Å²) in [5, 5.41) is 0. The van der Waals surface area contributed by atoms with Crippen LogP contribution >= 0.6 is 0 Å². The molecule has 2 heterocycles. The minimum absolute atomic E-state index is 0.0647. The maximum absolute atomic E-state index is 13.9. The molecule has 0 N–H and O–H groups in total. The minimum Gasteiger partial charge on any atom is -0.491 e. The number of hydrogen-bond donors (Lipinski definition) is 0. The lowest BCUT2D eigenvalue weighted by molar-refractivity contribution is -0.125. The first-order valence-electron chi connectivity index (χ1n) is 16.1. The molecule has 4 aromatic rings. The zero-order chi connectivity index (χ0) is 33.6. The maximum Gasteiger partial charge on any atom is 0.278 e. The fourth-order valence-corrected chi connectivity index (χ4v) is 5.48. The average Bonchev–Trinajstić information content (AvgIpc) is 3.56. The molecule has 8 nitrogen and oxygen atoms in total. The van der Waals surface area contributed by atoms with E-state index in [9.17, 15) is 9.59 Å². The average molecular weight is 639 g/mol. The normalized spacial score (nSPS) is 16.4. The molecule has 4 aromatic carbocycles. The second kappa shape index (κ2) is 14.3. The van der Waals surface area contributed by atoms with E-state index in [0.29, 0.717) is 23.1 Å². The van der Waals surface area contributed by atoms with Crippen molar-refractivity contribution in [1.29, 1.82) is 0 Å². The number of nitrogens with zero attached hydrogens (tertiary/aromatic N) is 4. The van der Waals surface area contributed by atoms with Crippen LogP contribution in [0.1, 0.15) is 49.9 Å². The van der Waals surface area contributed by atoms with Crippen LogP contribution in [0.4, 0.5) is 0 Å². The van der Waals surface area contributed by atoms with E-state index in [0.717, 1.165) is 33.8 Å². The van der Waals surface area contributed by atoms with Gasteiger partial charge in [-0.05, 0) is 75.2 Å². The van der Waals surface area contributed by atoms with Crippen molar-refractivity contribution in [3.8, 4) is 11.5 Å². The zero-order valence-corrected chi connectivity index (χ0v) is 27.5. The number of hydrogen-bond acceptors (Lipinski definition) is 6. The van der Waals surface area contributed by atoms with Crippen LogP contribution in [0, 0.1) is 0 Å². The number of benzene rings is 4. The molecule has 0 fully saturated rings. The molecule has 0 aliphatic carbocycles. The number of amidine groups is 2. The summed E-state index contributed by atoms with van der Waals surface area (Å²) in [4.78, 5) is 40.7. The van der Waals surface area contributed by atoms with Crippen LogP contribution < -0.4 is 9.47 Å². The number of amides is 2. The van der Waals surface area contributed by atoms with Gasteiger partial charge in [0, 0.05) is 24.2 Å². The van der Waals surface area contributed by atoms with Gasteiger partial charge in [0.1, 0.15) is 34.6 Å². The Balaban J connectivity index is 1.27. The zero-order valence-electron chi connectivity index (χ0n) is 27.5. The van der Waals surface area contributed by atoms with Gasteiger partial charge in [0.05, 0.1) is 12.2 Å². The Labute approximate surface area is 281 Å². The Morgan fingerprint density at radius 3 is 1.23 bits per heavy atom. The highest BCUT2D eigenvalue weighted by Gasteiger charge is 2.35. The van der Waals surface area contributed by atoms with Crippen LogP contribution in [-0.4, -0.2) is 58.6 Å². The van der Waals surface area contributed by atoms with Crippen molar-refractivity contribution in [3.63, 3.8) is 0 Å². The van der Waals surface area contributed by atoms with E-state index in [2.05, 4.69) is 0 Å². The lowest BCUT2D eigenvalue weighted by Crippen LogP contribution is -2.42. The Kier molecular flexibility index (Phi) is 9.62. The van der Waals surface area contributed by atoms with E-state index in [4.69, 9.17) is 19.5 Å². The minimum atomic E-state index is -0.235. The van der Waals surface area contributed by atoms with Crippen molar-refractivity contribution in [1.82, 2.24) is 9.80 Å². The van der Waals surface area contributed by atoms with Crippen molar-refractivity contribution in [2.24, 2.45) is 9.98 Å². The lowest BCUT2D eigenvalue weighted by atomic mass is 10.1. The highest BCUT2D eigenvalue weighted by molar-refractivity contribution is 6.21. The summed E-state index contributed by atoms with van der Waals surface area (Å²) >= 11 is 0. The van der Waals surface area contributed by atoms with Crippen molar-refractivity contribution in [2.75, 3.05) is 13.1 Å². The molecule has 0 aromatic heterocycles. The molecule has 0 spiro atoms. The molecule has 6 rings (SSSR count). The van der Waals surface area contributed by atoms with Crippen molar-refractivity contribution in [2.45, 2.75) is 39.9 Å². The van der Waals surface area contributed by atoms with E-state index in [-0.39, 0.29) is 37.1 Å². The van der Waals surface area contributed by atoms with E-state index in [1.807, 2.05) is 137 Å². The van der Waals surface area contributed by atoms with E-state index in [1.165, 1.54) is 0 Å². The second-order valence-corrected chi connectivity index (χ2v) is 12.0. The fourth-order valence-electron chi connectivity index (χ4n) is 5.48. The summed E-state index contributed by atoms with van der Waals surface area (Å²) in [6.45, 7) is 8.35. The second-order valence-electron chi connectivity index (χ2n) is 12.0. The smallest absolute Gasteiger partial charge is 0.278 e. The molecule has 8 heteroatoms. The topological polar surface area (TPSA) is 83.8 Å². The van der Waals surface area contributed by atoms with Crippen molar-refractivity contribution in [3.05, 3.63) is 143 Å². The molecule has 48 heavy (non-hydrogen) atoms. The predicted molar refractivity (Wildman–Crippen MR) is 190 cm³/mol. The molecule has 242 valence electrons. The predicted octanol–water partition coefficient (Wildman–Crippen LogP) is 7.22. The monoisotopic (exact) mass is 638 g/mol. The Hall–Kier alpha value is -5.76. The fraction of sp³-hybridized carbons (Fsp3) is 0.200. The van der Waals surface area contributed by atoms with E-state index >= 15 is 0 Å². The van der Waals surface area contributed by atoms with Crippen LogP contribution in [0.3, 0.4) is 0 Å². The van der Waals surface area contributed by atoms with Gasteiger partial charge in [-0.2, -0.15) is 0 Å². The first-order valence-corrected chi connectivity index (χ1v) is 16.1. The Bertz CT molecular complexity index is 1750. The quantitative estimate of drug-likeness (QED) is 0.163. The molecular weight excluding hydrogens is 600 g/mol. The van der Waals surface area contributed by atoms with Crippen LogP contribution in [-0.2, 0) is 9.59 Å². The summed E-state index contributed by atoms with van der Waals surface area (Å²) in [6, 6.07) is 34.4. The van der Waals surface area contributed by atoms with E-state index < -0.39 is 0 Å². The molecular formula is C40H38N4O4. The molecule has 0 saturated heterocycles. The van der Waals surface area contributed by atoms with Crippen LogP contribution in [0.5, 0.6) is 11.5 Å². The van der Waals surface area contributed by atoms with Gasteiger partial charge < -0.3 is 9.47 Å². The SMILES string of the molecule is CC(C)Oc1ccc(C=C2N=C(c3ccccc3)N(CCN3C(=O)C(=Cc4ccc(OC(C)C)cc4)N=C3c3ccccc3)C2=O)cc1. The molecule has 2 aliphatic rings. The highest BCUT2D eigenvalue weighted by atomic mass is 16.5. The number of rotatable bonds is 11. The highest BCUT2D eigenvalue weighted by Crippen LogP contribution is 2.26. The standard InChI is InChI=1S/C40H38N4O4/c1-27(2)47-33-19-15-29(16-20-33)25-35-39(45)43(37(41-35)31-11-7-5-8-12-31)23-24-44-38(32-13-9-6-10-14-32)42-36(40(44)46)26-30-17-21-34(22-18-30)48-28(3)4/h5-22,25-28H,23-24H2,1-4H3. The lowest BCUT2D eigenvalue weighted by Gasteiger charge is -2.23. The number of carbonyl (C=O) groups is 2. The summed E-state index contributed by atoms with van der Waals surface area (Å²) in [5.74, 6) is 2.13. The number of aliphatic imine (C=N–C) groups is 2. The van der Waals surface area contributed by atoms with Crippen LogP contribution in [0.25, 0.3) is 12.2 Å². The molecule has 2 aliphatic heterocycles. The summed E-state index contributed by atoms with van der Waals surface area (Å²) < 4.78 is 11.5. The van der Waals surface area contributed by atoms with Crippen LogP contribution in [0.15, 0.2) is 131 Å². The Morgan fingerprint density at radius 2 is 0.896 bits per heavy atom. The molecule has 0 atom stereocenters. The maximum atomic E-state index is 13.9. The molecule has 0 saturated carbocycles. The summed E-state index contributed by atoms with van der Waals surface area (Å²) in [7, 11) is 0. The van der Waals surface area contributed by atoms with Crippen molar-refractivity contribution >= 4 is 35.6 Å². The molecule has 0 unspecified atom stereocenters. The van der Waals surface area contributed by atoms with Gasteiger partial charge in [-0.1, -0.05) is 84.9 Å². The van der Waals surface area contributed by atoms with Gasteiger partial charge in [0.2, 0.25) is 0 Å². The van der Waals surface area contributed by atoms with E-state index in [1.54, 1.807) is 22.0 Å². The van der Waals surface area contributed by atoms with Gasteiger partial charge >= 0.3 is 0 Å².